The van der Waals surface area contributed by atoms with E-state index in [2.05, 4.69) is 4.84 Å². The van der Waals surface area contributed by atoms with E-state index in [-0.39, 0.29) is 5.92 Å². The summed E-state index contributed by atoms with van der Waals surface area (Å²) in [6, 6.07) is 0. The summed E-state index contributed by atoms with van der Waals surface area (Å²) < 4.78 is 0. The molecular formula is C7H15NO2. The molecule has 0 aromatic rings. The smallest absolute Gasteiger partial charge is 0.125 e. The zero-order valence-electron chi connectivity index (χ0n) is 6.66. The molecule has 10 heavy (non-hydrogen) atoms. The van der Waals surface area contributed by atoms with Gasteiger partial charge in [-0.15, -0.1) is 0 Å². The van der Waals surface area contributed by atoms with Gasteiger partial charge in [-0.1, -0.05) is 13.8 Å². The van der Waals surface area contributed by atoms with Crippen molar-refractivity contribution in [1.29, 1.82) is 0 Å². The third kappa shape index (κ3) is 3.48. The van der Waals surface area contributed by atoms with Crippen molar-refractivity contribution in [1.82, 2.24) is 0 Å². The van der Waals surface area contributed by atoms with Gasteiger partial charge in [-0.2, -0.15) is 5.90 Å². The second-order valence-electron chi connectivity index (χ2n) is 2.58. The van der Waals surface area contributed by atoms with Gasteiger partial charge in [0.2, 0.25) is 0 Å². The van der Waals surface area contributed by atoms with Crippen LogP contribution in [0.2, 0.25) is 0 Å². The first-order valence-electron chi connectivity index (χ1n) is 3.34. The van der Waals surface area contributed by atoms with Gasteiger partial charge < -0.3 is 9.94 Å². The Morgan fingerprint density at radius 1 is 1.50 bits per heavy atom. The van der Waals surface area contributed by atoms with Crippen LogP contribution in [0.1, 0.15) is 20.8 Å². The topological polar surface area (TPSA) is 55.5 Å². The molecule has 0 aliphatic heterocycles. The first-order valence-corrected chi connectivity index (χ1v) is 3.34. The quantitative estimate of drug-likeness (QED) is 0.456. The maximum Gasteiger partial charge on any atom is 0.125 e. The molecule has 0 radical (unpaired) electrons. The summed E-state index contributed by atoms with van der Waals surface area (Å²) in [5.74, 6) is 5.78. The lowest BCUT2D eigenvalue weighted by atomic mass is 10.1. The standard InChI is InChI=1S/C7H15NO2/c1-5(2)7(10-8)4-6(3)9/h4-6,9H,8H2,1-3H3/b7-4-. The number of hydrogen-bond acceptors (Lipinski definition) is 3. The van der Waals surface area contributed by atoms with Gasteiger partial charge in [-0.3, -0.25) is 0 Å². The van der Waals surface area contributed by atoms with Crippen molar-refractivity contribution in [3.05, 3.63) is 11.8 Å². The van der Waals surface area contributed by atoms with Crippen molar-refractivity contribution < 1.29 is 9.94 Å². The van der Waals surface area contributed by atoms with E-state index < -0.39 is 6.10 Å². The molecule has 0 fully saturated rings. The van der Waals surface area contributed by atoms with Gasteiger partial charge in [0, 0.05) is 5.92 Å². The molecule has 0 aromatic carbocycles. The van der Waals surface area contributed by atoms with E-state index in [0.717, 1.165) is 0 Å². The summed E-state index contributed by atoms with van der Waals surface area (Å²) in [5, 5.41) is 8.89. The van der Waals surface area contributed by atoms with E-state index in [9.17, 15) is 0 Å². The highest BCUT2D eigenvalue weighted by Crippen LogP contribution is 2.08. The van der Waals surface area contributed by atoms with Crippen LogP contribution in [0, 0.1) is 5.92 Å². The summed E-state index contributed by atoms with van der Waals surface area (Å²) in [6.07, 6.45) is 1.09. The third-order valence-electron chi connectivity index (χ3n) is 1.11. The first-order chi connectivity index (χ1) is 4.57. The minimum Gasteiger partial charge on any atom is -0.416 e. The number of hydrogen-bond donors (Lipinski definition) is 2. The van der Waals surface area contributed by atoms with Crippen LogP contribution in [0.25, 0.3) is 0 Å². The SMILES string of the molecule is CC(O)/C=C(\ON)C(C)C. The molecule has 3 nitrogen and oxygen atoms in total. The van der Waals surface area contributed by atoms with E-state index in [1.54, 1.807) is 13.0 Å². The van der Waals surface area contributed by atoms with Crippen molar-refractivity contribution in [3.63, 3.8) is 0 Å². The highest BCUT2D eigenvalue weighted by molar-refractivity contribution is 4.98. The lowest BCUT2D eigenvalue weighted by molar-refractivity contribution is 0.175. The Kier molecular flexibility index (Phi) is 4.07. The molecule has 0 aliphatic rings. The molecule has 3 heteroatoms. The molecule has 0 rings (SSSR count). The number of rotatable bonds is 3. The van der Waals surface area contributed by atoms with Crippen molar-refractivity contribution in [2.75, 3.05) is 0 Å². The molecule has 3 N–H and O–H groups in total. The molecule has 1 unspecified atom stereocenters. The zero-order valence-corrected chi connectivity index (χ0v) is 6.66. The van der Waals surface area contributed by atoms with E-state index in [1.807, 2.05) is 13.8 Å². The first kappa shape index (κ1) is 9.46. The second kappa shape index (κ2) is 4.30. The van der Waals surface area contributed by atoms with Gasteiger partial charge in [-0.05, 0) is 13.0 Å². The molecule has 0 aliphatic carbocycles. The van der Waals surface area contributed by atoms with Gasteiger partial charge in [0.05, 0.1) is 6.10 Å². The lowest BCUT2D eigenvalue weighted by Gasteiger charge is -2.08. The van der Waals surface area contributed by atoms with Crippen molar-refractivity contribution in [2.45, 2.75) is 26.9 Å². The van der Waals surface area contributed by atoms with Crippen LogP contribution < -0.4 is 5.90 Å². The maximum atomic E-state index is 8.89. The fraction of sp³-hybridized carbons (Fsp3) is 0.714. The largest absolute Gasteiger partial charge is 0.416 e. The van der Waals surface area contributed by atoms with Crippen LogP contribution in [0.4, 0.5) is 0 Å². The van der Waals surface area contributed by atoms with Gasteiger partial charge in [-0.25, -0.2) is 0 Å². The number of aliphatic hydroxyl groups excluding tert-OH is 1. The summed E-state index contributed by atoms with van der Waals surface area (Å²) in [7, 11) is 0. The van der Waals surface area contributed by atoms with E-state index >= 15 is 0 Å². The summed E-state index contributed by atoms with van der Waals surface area (Å²) in [5.41, 5.74) is 0. The zero-order chi connectivity index (χ0) is 8.15. The molecule has 0 aromatic heterocycles. The van der Waals surface area contributed by atoms with Crippen LogP contribution >= 0.6 is 0 Å². The average molecular weight is 145 g/mol. The molecule has 0 spiro atoms. The van der Waals surface area contributed by atoms with E-state index in [1.165, 1.54) is 0 Å². The van der Waals surface area contributed by atoms with Crippen LogP contribution in [-0.2, 0) is 4.84 Å². The minimum absolute atomic E-state index is 0.222. The Morgan fingerprint density at radius 3 is 2.10 bits per heavy atom. The Hall–Kier alpha value is -0.540. The fourth-order valence-electron chi connectivity index (χ4n) is 0.606. The highest BCUT2D eigenvalue weighted by Gasteiger charge is 2.03. The summed E-state index contributed by atoms with van der Waals surface area (Å²) in [4.78, 5) is 4.52. The number of nitrogens with two attached hydrogens (primary N) is 1. The molecule has 0 heterocycles. The molecule has 60 valence electrons. The predicted octanol–water partition coefficient (Wildman–Crippen LogP) is 0.797. The number of aliphatic hydroxyl groups is 1. The van der Waals surface area contributed by atoms with Gasteiger partial charge in [0.15, 0.2) is 0 Å². The Bertz CT molecular complexity index is 119. The Morgan fingerprint density at radius 2 is 2.00 bits per heavy atom. The molecule has 0 saturated heterocycles. The monoisotopic (exact) mass is 145 g/mol. The third-order valence-corrected chi connectivity index (χ3v) is 1.11. The van der Waals surface area contributed by atoms with Gasteiger partial charge >= 0.3 is 0 Å². The van der Waals surface area contributed by atoms with Crippen molar-refractivity contribution >= 4 is 0 Å². The summed E-state index contributed by atoms with van der Waals surface area (Å²) >= 11 is 0. The molecule has 0 amide bonds. The van der Waals surface area contributed by atoms with Gasteiger partial charge in [0.25, 0.3) is 0 Å². The lowest BCUT2D eigenvalue weighted by Crippen LogP contribution is -2.08. The molecule has 0 bridgehead atoms. The number of allylic oxidation sites excluding steroid dienone is 1. The van der Waals surface area contributed by atoms with Crippen molar-refractivity contribution in [3.8, 4) is 0 Å². The Labute approximate surface area is 61.4 Å². The van der Waals surface area contributed by atoms with E-state index in [4.69, 9.17) is 11.0 Å². The van der Waals surface area contributed by atoms with Crippen molar-refractivity contribution in [2.24, 2.45) is 11.8 Å². The predicted molar refractivity (Wildman–Crippen MR) is 39.9 cm³/mol. The molecular weight excluding hydrogens is 130 g/mol. The second-order valence-corrected chi connectivity index (χ2v) is 2.58. The minimum atomic E-state index is -0.499. The fourth-order valence-corrected chi connectivity index (χ4v) is 0.606. The normalized spacial score (nSPS) is 15.6. The Balaban J connectivity index is 4.04. The highest BCUT2D eigenvalue weighted by atomic mass is 16.6. The maximum absolute atomic E-state index is 8.89. The molecule has 1 atom stereocenters. The van der Waals surface area contributed by atoms with Crippen LogP contribution in [0.5, 0.6) is 0 Å². The van der Waals surface area contributed by atoms with Crippen LogP contribution in [0.3, 0.4) is 0 Å². The van der Waals surface area contributed by atoms with E-state index in [0.29, 0.717) is 5.76 Å². The van der Waals surface area contributed by atoms with Crippen LogP contribution in [-0.4, -0.2) is 11.2 Å². The molecule has 0 saturated carbocycles. The van der Waals surface area contributed by atoms with Gasteiger partial charge in [0.1, 0.15) is 5.76 Å². The average Bonchev–Trinajstić information content (AvgIpc) is 1.81. The van der Waals surface area contributed by atoms with Crippen LogP contribution in [0.15, 0.2) is 11.8 Å². The summed E-state index contributed by atoms with van der Waals surface area (Å²) in [6.45, 7) is 5.55.